The van der Waals surface area contributed by atoms with Crippen LogP contribution in [0.15, 0.2) is 30.3 Å². The topological polar surface area (TPSA) is 58.6 Å². The fraction of sp³-hybridized carbons (Fsp3) is 0.579. The van der Waals surface area contributed by atoms with Crippen LogP contribution in [-0.2, 0) is 20.7 Å². The van der Waals surface area contributed by atoms with Gasteiger partial charge in [0.15, 0.2) is 0 Å². The summed E-state index contributed by atoms with van der Waals surface area (Å²) in [6.45, 7) is 3.37. The number of nitrogens with one attached hydrogen (secondary N) is 1. The summed E-state index contributed by atoms with van der Waals surface area (Å²) in [6, 6.07) is 10.2. The lowest BCUT2D eigenvalue weighted by atomic mass is 10.0. The number of carbonyl (C=O) groups excluding carboxylic acids is 2. The molecule has 2 aliphatic heterocycles. The van der Waals surface area contributed by atoms with Crippen LogP contribution < -0.4 is 5.32 Å². The van der Waals surface area contributed by atoms with Gasteiger partial charge in [-0.05, 0) is 24.8 Å². The van der Waals surface area contributed by atoms with Gasteiger partial charge in [0.2, 0.25) is 11.8 Å². The fourth-order valence-corrected chi connectivity index (χ4v) is 3.45. The molecule has 24 heavy (non-hydrogen) atoms. The average Bonchev–Trinajstić information content (AvgIpc) is 2.99. The first-order valence-corrected chi connectivity index (χ1v) is 8.89. The molecule has 1 aromatic carbocycles. The molecule has 0 radical (unpaired) electrons. The highest BCUT2D eigenvalue weighted by Gasteiger charge is 2.30. The molecule has 2 aliphatic rings. The van der Waals surface area contributed by atoms with Crippen molar-refractivity contribution >= 4 is 11.8 Å². The van der Waals surface area contributed by atoms with Crippen molar-refractivity contribution in [3.63, 3.8) is 0 Å². The zero-order valence-corrected chi connectivity index (χ0v) is 14.1. The number of carbonyl (C=O) groups is 2. The summed E-state index contributed by atoms with van der Waals surface area (Å²) in [7, 11) is 0. The Balaban J connectivity index is 1.40. The third-order valence-corrected chi connectivity index (χ3v) is 4.90. The Bertz CT molecular complexity index is 555. The molecule has 0 saturated carbocycles. The van der Waals surface area contributed by atoms with Crippen LogP contribution in [-0.4, -0.2) is 49.6 Å². The number of amides is 2. The number of hydrogen-bond acceptors (Lipinski definition) is 3. The molecule has 2 fully saturated rings. The maximum absolute atomic E-state index is 12.1. The number of nitrogens with zero attached hydrogens (tertiary/aromatic N) is 1. The van der Waals surface area contributed by atoms with E-state index in [1.165, 1.54) is 5.56 Å². The Labute approximate surface area is 143 Å². The zero-order valence-electron chi connectivity index (χ0n) is 14.1. The molecule has 1 N–H and O–H groups in total. The molecule has 2 amide bonds. The molecule has 0 spiro atoms. The fourth-order valence-electron chi connectivity index (χ4n) is 3.45. The van der Waals surface area contributed by atoms with Gasteiger partial charge in [0.25, 0.3) is 0 Å². The van der Waals surface area contributed by atoms with E-state index in [0.717, 1.165) is 39.0 Å². The van der Waals surface area contributed by atoms with Crippen molar-refractivity contribution in [2.45, 2.75) is 25.7 Å². The largest absolute Gasteiger partial charge is 0.381 e. The van der Waals surface area contributed by atoms with E-state index in [2.05, 4.69) is 17.4 Å². The van der Waals surface area contributed by atoms with E-state index in [9.17, 15) is 9.59 Å². The second-order valence-corrected chi connectivity index (χ2v) is 6.80. The lowest BCUT2D eigenvalue weighted by molar-refractivity contribution is -0.129. The number of likely N-dealkylation sites (tertiary alicyclic amines) is 1. The SMILES string of the molecule is O=C(NCC1CC(=O)N(CCc2ccccc2)C1)C1CCCOC1. The third-order valence-electron chi connectivity index (χ3n) is 4.90. The second kappa shape index (κ2) is 8.29. The van der Waals surface area contributed by atoms with Crippen molar-refractivity contribution in [2.75, 3.05) is 32.8 Å². The quantitative estimate of drug-likeness (QED) is 0.862. The van der Waals surface area contributed by atoms with Crippen LogP contribution in [0.2, 0.25) is 0 Å². The maximum atomic E-state index is 12.1. The summed E-state index contributed by atoms with van der Waals surface area (Å²) < 4.78 is 5.36. The summed E-state index contributed by atoms with van der Waals surface area (Å²) >= 11 is 0. The van der Waals surface area contributed by atoms with Gasteiger partial charge in [0.1, 0.15) is 0 Å². The van der Waals surface area contributed by atoms with Crippen LogP contribution in [0.25, 0.3) is 0 Å². The first kappa shape index (κ1) is 17.0. The summed E-state index contributed by atoms with van der Waals surface area (Å²) in [5.74, 6) is 0.475. The smallest absolute Gasteiger partial charge is 0.225 e. The molecule has 2 saturated heterocycles. The third kappa shape index (κ3) is 4.57. The Morgan fingerprint density at radius 2 is 2.12 bits per heavy atom. The van der Waals surface area contributed by atoms with E-state index >= 15 is 0 Å². The van der Waals surface area contributed by atoms with E-state index in [1.54, 1.807) is 0 Å². The zero-order chi connectivity index (χ0) is 16.8. The number of hydrogen-bond donors (Lipinski definition) is 1. The molecule has 2 atom stereocenters. The normalized spacial score (nSPS) is 24.2. The van der Waals surface area contributed by atoms with Crippen molar-refractivity contribution in [3.8, 4) is 0 Å². The second-order valence-electron chi connectivity index (χ2n) is 6.80. The Morgan fingerprint density at radius 3 is 2.88 bits per heavy atom. The van der Waals surface area contributed by atoms with Crippen LogP contribution in [0.3, 0.4) is 0 Å². The van der Waals surface area contributed by atoms with E-state index in [4.69, 9.17) is 4.74 Å². The molecule has 1 aromatic rings. The molecule has 2 heterocycles. The molecular weight excluding hydrogens is 304 g/mol. The molecule has 5 heteroatoms. The first-order valence-electron chi connectivity index (χ1n) is 8.89. The lowest BCUT2D eigenvalue weighted by Gasteiger charge is -2.22. The minimum atomic E-state index is -0.0231. The molecule has 0 aliphatic carbocycles. The maximum Gasteiger partial charge on any atom is 0.225 e. The van der Waals surface area contributed by atoms with Crippen molar-refractivity contribution in [1.29, 1.82) is 0 Å². The minimum Gasteiger partial charge on any atom is -0.381 e. The van der Waals surface area contributed by atoms with Crippen LogP contribution in [0.5, 0.6) is 0 Å². The molecule has 0 bridgehead atoms. The monoisotopic (exact) mass is 330 g/mol. The lowest BCUT2D eigenvalue weighted by Crippen LogP contribution is -2.38. The molecule has 2 unspecified atom stereocenters. The molecule has 5 nitrogen and oxygen atoms in total. The van der Waals surface area contributed by atoms with E-state index in [-0.39, 0.29) is 23.7 Å². The van der Waals surface area contributed by atoms with Crippen molar-refractivity contribution in [1.82, 2.24) is 10.2 Å². The number of ether oxygens (including phenoxy) is 1. The predicted molar refractivity (Wildman–Crippen MR) is 91.4 cm³/mol. The highest BCUT2D eigenvalue weighted by atomic mass is 16.5. The van der Waals surface area contributed by atoms with Crippen molar-refractivity contribution in [2.24, 2.45) is 11.8 Å². The summed E-state index contributed by atoms with van der Waals surface area (Å²) in [4.78, 5) is 26.2. The molecule has 3 rings (SSSR count). The average molecular weight is 330 g/mol. The van der Waals surface area contributed by atoms with Crippen LogP contribution in [0, 0.1) is 11.8 Å². The highest BCUT2D eigenvalue weighted by molar-refractivity contribution is 5.80. The van der Waals surface area contributed by atoms with Crippen LogP contribution in [0.1, 0.15) is 24.8 Å². The van der Waals surface area contributed by atoms with E-state index < -0.39 is 0 Å². The van der Waals surface area contributed by atoms with E-state index in [1.807, 2.05) is 23.1 Å². The van der Waals surface area contributed by atoms with Gasteiger partial charge in [-0.3, -0.25) is 9.59 Å². The van der Waals surface area contributed by atoms with E-state index in [0.29, 0.717) is 19.6 Å². The standard InChI is InChI=1S/C19H26N2O3/c22-18-11-16(12-20-19(23)17-7-4-10-24-14-17)13-21(18)9-8-15-5-2-1-3-6-15/h1-3,5-6,16-17H,4,7-14H2,(H,20,23). The van der Waals surface area contributed by atoms with Gasteiger partial charge in [0, 0.05) is 38.6 Å². The molecular formula is C19H26N2O3. The predicted octanol–water partition coefficient (Wildman–Crippen LogP) is 1.62. The highest BCUT2D eigenvalue weighted by Crippen LogP contribution is 2.19. The van der Waals surface area contributed by atoms with Crippen LogP contribution in [0.4, 0.5) is 0 Å². The van der Waals surface area contributed by atoms with Gasteiger partial charge in [-0.25, -0.2) is 0 Å². The van der Waals surface area contributed by atoms with Gasteiger partial charge in [-0.2, -0.15) is 0 Å². The van der Waals surface area contributed by atoms with Crippen molar-refractivity contribution < 1.29 is 14.3 Å². The van der Waals surface area contributed by atoms with Gasteiger partial charge in [0.05, 0.1) is 12.5 Å². The van der Waals surface area contributed by atoms with Gasteiger partial charge < -0.3 is 15.0 Å². The summed E-state index contributed by atoms with van der Waals surface area (Å²) in [5.41, 5.74) is 1.25. The molecule has 130 valence electrons. The van der Waals surface area contributed by atoms with Crippen molar-refractivity contribution in [3.05, 3.63) is 35.9 Å². The first-order chi connectivity index (χ1) is 11.7. The Kier molecular flexibility index (Phi) is 5.86. The number of benzene rings is 1. The Morgan fingerprint density at radius 1 is 1.29 bits per heavy atom. The van der Waals surface area contributed by atoms with Gasteiger partial charge in [-0.1, -0.05) is 30.3 Å². The van der Waals surface area contributed by atoms with Gasteiger partial charge in [-0.15, -0.1) is 0 Å². The minimum absolute atomic E-state index is 0.0231. The summed E-state index contributed by atoms with van der Waals surface area (Å²) in [6.07, 6.45) is 3.27. The summed E-state index contributed by atoms with van der Waals surface area (Å²) in [5, 5.41) is 3.01. The number of rotatable bonds is 6. The molecule has 0 aromatic heterocycles. The van der Waals surface area contributed by atoms with Gasteiger partial charge >= 0.3 is 0 Å². The Hall–Kier alpha value is -1.88. The van der Waals surface area contributed by atoms with Crippen LogP contribution >= 0.6 is 0 Å².